The van der Waals surface area contributed by atoms with Crippen molar-refractivity contribution in [3.63, 3.8) is 0 Å². The number of piperidine rings is 1. The van der Waals surface area contributed by atoms with Gasteiger partial charge < -0.3 is 14.7 Å². The molecule has 0 amide bonds. The first-order chi connectivity index (χ1) is 20.4. The number of hydrogen-bond donors (Lipinski definition) is 1. The van der Waals surface area contributed by atoms with Crippen LogP contribution < -0.4 is 9.64 Å². The first-order valence-corrected chi connectivity index (χ1v) is 15.4. The van der Waals surface area contributed by atoms with Crippen LogP contribution in [0.1, 0.15) is 44.9 Å². The summed E-state index contributed by atoms with van der Waals surface area (Å²) in [5.74, 6) is 0.404. The van der Waals surface area contributed by atoms with Crippen LogP contribution in [-0.2, 0) is 0 Å². The molecule has 2 unspecified atom stereocenters. The van der Waals surface area contributed by atoms with Crippen LogP contribution in [0.5, 0.6) is 11.8 Å². The van der Waals surface area contributed by atoms with E-state index in [1.165, 1.54) is 43.5 Å². The molecule has 2 aromatic heterocycles. The molecule has 3 saturated heterocycles. The molecule has 2 atom stereocenters. The van der Waals surface area contributed by atoms with E-state index >= 15 is 4.39 Å². The predicted molar refractivity (Wildman–Crippen MR) is 158 cm³/mol. The Morgan fingerprint density at radius 1 is 1.05 bits per heavy atom. The van der Waals surface area contributed by atoms with Crippen LogP contribution in [0, 0.1) is 23.5 Å². The minimum atomic E-state index is -0.685. The van der Waals surface area contributed by atoms with Gasteiger partial charge in [-0.05, 0) is 93.5 Å². The third-order valence-corrected chi connectivity index (χ3v) is 10.4. The molecule has 2 aromatic carbocycles. The predicted octanol–water partition coefficient (Wildman–Crippen LogP) is 6.73. The normalized spacial score (nSPS) is 23.3. The molecular formula is C32H32ClF2N5O2. The fraction of sp³-hybridized carbons (Fsp3) is 0.469. The summed E-state index contributed by atoms with van der Waals surface area (Å²) in [6.45, 7) is 4.34. The van der Waals surface area contributed by atoms with Gasteiger partial charge in [-0.15, -0.1) is 0 Å². The van der Waals surface area contributed by atoms with E-state index in [-0.39, 0.29) is 44.5 Å². The molecular weight excluding hydrogens is 560 g/mol. The van der Waals surface area contributed by atoms with Crippen molar-refractivity contribution in [2.75, 3.05) is 37.7 Å². The second-order valence-electron chi connectivity index (χ2n) is 12.6. The molecule has 8 rings (SSSR count). The van der Waals surface area contributed by atoms with Crippen LogP contribution in [-0.4, -0.2) is 63.3 Å². The van der Waals surface area contributed by atoms with E-state index in [4.69, 9.17) is 21.3 Å². The Balaban J connectivity index is 1.27. The number of rotatable bonds is 5. The van der Waals surface area contributed by atoms with E-state index in [1.807, 2.05) is 0 Å². The van der Waals surface area contributed by atoms with Crippen LogP contribution in [0.3, 0.4) is 0 Å². The van der Waals surface area contributed by atoms with Crippen LogP contribution >= 0.6 is 11.6 Å². The smallest absolute Gasteiger partial charge is 0.319 e. The molecule has 4 fully saturated rings. The summed E-state index contributed by atoms with van der Waals surface area (Å²) >= 11 is 6.37. The molecule has 1 aliphatic carbocycles. The van der Waals surface area contributed by atoms with Crippen LogP contribution in [0.2, 0.25) is 5.02 Å². The second-order valence-corrected chi connectivity index (χ2v) is 13.0. The minimum Gasteiger partial charge on any atom is -0.508 e. The van der Waals surface area contributed by atoms with Crippen molar-refractivity contribution in [2.24, 2.45) is 11.8 Å². The zero-order valence-corrected chi connectivity index (χ0v) is 24.0. The summed E-state index contributed by atoms with van der Waals surface area (Å²) < 4.78 is 37.5. The summed E-state index contributed by atoms with van der Waals surface area (Å²) in [5.41, 5.74) is 0.209. The fourth-order valence-electron chi connectivity index (χ4n) is 8.12. The van der Waals surface area contributed by atoms with Crippen LogP contribution in [0.4, 0.5) is 14.6 Å². The number of phenolic OH excluding ortho intramolecular Hbond substituents is 1. The highest BCUT2D eigenvalue weighted by atomic mass is 35.5. The van der Waals surface area contributed by atoms with Gasteiger partial charge in [-0.1, -0.05) is 17.7 Å². The van der Waals surface area contributed by atoms with Crippen molar-refractivity contribution in [1.29, 1.82) is 0 Å². The molecule has 10 heteroatoms. The molecule has 7 nitrogen and oxygen atoms in total. The highest BCUT2D eigenvalue weighted by Gasteiger charge is 2.45. The Hall–Kier alpha value is -3.30. The summed E-state index contributed by atoms with van der Waals surface area (Å²) in [4.78, 5) is 18.8. The Morgan fingerprint density at radius 3 is 2.57 bits per heavy atom. The van der Waals surface area contributed by atoms with E-state index < -0.39 is 11.6 Å². The number of aromatic nitrogens is 3. The van der Waals surface area contributed by atoms with Gasteiger partial charge in [0, 0.05) is 30.2 Å². The number of fused-ring (bicyclic) bond motifs is 5. The second kappa shape index (κ2) is 9.88. The van der Waals surface area contributed by atoms with E-state index in [9.17, 15) is 9.50 Å². The summed E-state index contributed by atoms with van der Waals surface area (Å²) in [5, 5.41) is 11.6. The number of halogens is 3. The average molecular weight is 592 g/mol. The molecule has 218 valence electrons. The summed E-state index contributed by atoms with van der Waals surface area (Å²) in [7, 11) is 0. The summed E-state index contributed by atoms with van der Waals surface area (Å²) in [6, 6.07) is 5.71. The molecule has 5 heterocycles. The first-order valence-electron chi connectivity index (χ1n) is 15.0. The molecule has 1 N–H and O–H groups in total. The minimum absolute atomic E-state index is 0.00797. The third kappa shape index (κ3) is 4.19. The third-order valence-electron chi connectivity index (χ3n) is 10.1. The quantitative estimate of drug-likeness (QED) is 0.276. The van der Waals surface area contributed by atoms with Crippen molar-refractivity contribution in [2.45, 2.75) is 50.5 Å². The maximum absolute atomic E-state index is 16.6. The Bertz CT molecular complexity index is 1710. The van der Waals surface area contributed by atoms with Crippen LogP contribution in [0.25, 0.3) is 32.9 Å². The topological polar surface area (TPSA) is 74.6 Å². The molecule has 2 bridgehead atoms. The van der Waals surface area contributed by atoms with Gasteiger partial charge in [-0.3, -0.25) is 9.88 Å². The molecule has 0 spiro atoms. The lowest BCUT2D eigenvalue weighted by Gasteiger charge is -2.34. The van der Waals surface area contributed by atoms with Crippen molar-refractivity contribution in [3.05, 3.63) is 47.1 Å². The zero-order chi connectivity index (χ0) is 28.6. The standard InChI is InChI=1S/C32H32ClF2N5O2/c33-26-24(34)6-5-20-12-21(41)13-22(25(20)26)28-27(35)29-23(14-36-28)30(39-15-18-3-4-19(11-18)16-39)38-31(37-29)42-17-32-7-1-9-40(32)10-2-8-32/h5-6,12-14,18-19,41H,1-4,7-11,15-17H2. The largest absolute Gasteiger partial charge is 0.508 e. The van der Waals surface area contributed by atoms with Crippen molar-refractivity contribution >= 4 is 39.1 Å². The average Bonchev–Trinajstić information content (AvgIpc) is 3.67. The SMILES string of the molecule is Oc1cc(-c2ncc3c(N4CC5CCC(C5)C4)nc(OCC45CCCN4CCC5)nc3c2F)c2c(Cl)c(F)ccc2c1. The highest BCUT2D eigenvalue weighted by Crippen LogP contribution is 2.43. The number of hydrogen-bond acceptors (Lipinski definition) is 7. The maximum atomic E-state index is 16.6. The molecule has 1 saturated carbocycles. The monoisotopic (exact) mass is 591 g/mol. The van der Waals surface area contributed by atoms with Gasteiger partial charge in [0.25, 0.3) is 0 Å². The van der Waals surface area contributed by atoms with Gasteiger partial charge in [0.15, 0.2) is 5.82 Å². The molecule has 42 heavy (non-hydrogen) atoms. The lowest BCUT2D eigenvalue weighted by Crippen LogP contribution is -2.43. The summed E-state index contributed by atoms with van der Waals surface area (Å²) in [6.07, 6.45) is 9.65. The Morgan fingerprint density at radius 2 is 1.81 bits per heavy atom. The van der Waals surface area contributed by atoms with Gasteiger partial charge in [0.2, 0.25) is 0 Å². The van der Waals surface area contributed by atoms with Crippen molar-refractivity contribution in [3.8, 4) is 23.0 Å². The molecule has 4 aliphatic rings. The van der Waals surface area contributed by atoms with Gasteiger partial charge in [0.05, 0.1) is 15.9 Å². The first kappa shape index (κ1) is 26.3. The number of nitrogens with zero attached hydrogens (tertiary/aromatic N) is 5. The van der Waals surface area contributed by atoms with Crippen molar-refractivity contribution < 1.29 is 18.6 Å². The maximum Gasteiger partial charge on any atom is 0.319 e. The number of aromatic hydroxyl groups is 1. The van der Waals surface area contributed by atoms with E-state index in [2.05, 4.69) is 19.8 Å². The Kier molecular flexibility index (Phi) is 6.19. The lowest BCUT2D eigenvalue weighted by molar-refractivity contribution is 0.108. The lowest BCUT2D eigenvalue weighted by atomic mass is 9.95. The van der Waals surface area contributed by atoms with Gasteiger partial charge in [0.1, 0.15) is 35.2 Å². The van der Waals surface area contributed by atoms with Crippen LogP contribution in [0.15, 0.2) is 30.5 Å². The van der Waals surface area contributed by atoms with Crippen molar-refractivity contribution in [1.82, 2.24) is 19.9 Å². The number of anilines is 1. The van der Waals surface area contributed by atoms with E-state index in [0.717, 1.165) is 51.9 Å². The van der Waals surface area contributed by atoms with E-state index in [0.29, 0.717) is 35.0 Å². The highest BCUT2D eigenvalue weighted by molar-refractivity contribution is 6.37. The van der Waals surface area contributed by atoms with E-state index in [1.54, 1.807) is 6.20 Å². The molecule has 3 aliphatic heterocycles. The number of pyridine rings is 1. The zero-order valence-electron chi connectivity index (χ0n) is 23.3. The van der Waals surface area contributed by atoms with Gasteiger partial charge >= 0.3 is 6.01 Å². The Labute approximate surface area is 247 Å². The molecule has 0 radical (unpaired) electrons. The fourth-order valence-corrected chi connectivity index (χ4v) is 8.40. The number of benzene rings is 2. The number of ether oxygens (including phenoxy) is 1. The molecule has 4 aromatic rings. The number of phenols is 1. The van der Waals surface area contributed by atoms with Gasteiger partial charge in [-0.25, -0.2) is 8.78 Å². The van der Waals surface area contributed by atoms with Gasteiger partial charge in [-0.2, -0.15) is 9.97 Å².